The Kier molecular flexibility index (Phi) is 10.2. The number of carbonyl (C=O) groups is 1. The largest absolute Gasteiger partial charge is 0.490 e. The maximum absolute atomic E-state index is 14.1. The molecule has 0 N–H and O–H groups in total. The van der Waals surface area contributed by atoms with Crippen molar-refractivity contribution in [3.05, 3.63) is 136 Å². The van der Waals surface area contributed by atoms with Crippen molar-refractivity contribution in [1.29, 1.82) is 0 Å². The minimum absolute atomic E-state index is 0.235. The van der Waals surface area contributed by atoms with Gasteiger partial charge in [-0.05, 0) is 89.4 Å². The van der Waals surface area contributed by atoms with E-state index >= 15 is 0 Å². The Bertz CT molecular complexity index is 1890. The van der Waals surface area contributed by atoms with E-state index in [1.807, 2.05) is 92.7 Å². The highest BCUT2D eigenvalue weighted by Crippen LogP contribution is 2.35. The normalized spacial score (nSPS) is 14.5. The van der Waals surface area contributed by atoms with Crippen LogP contribution in [-0.2, 0) is 22.6 Å². The Hall–Kier alpha value is -3.96. The number of methoxy groups -OCH3 is 1. The lowest BCUT2D eigenvalue weighted by molar-refractivity contribution is -0.136. The monoisotopic (exact) mass is 720 g/mol. The molecule has 0 bridgehead atoms. The fourth-order valence-corrected chi connectivity index (χ4v) is 6.58. The predicted molar refractivity (Wildman–Crippen MR) is 182 cm³/mol. The fraction of sp³-hybridized carbons (Fsp3) is 0.229. The first-order chi connectivity index (χ1) is 21.4. The van der Waals surface area contributed by atoms with E-state index in [0.29, 0.717) is 58.2 Å². The van der Waals surface area contributed by atoms with Crippen LogP contribution in [0.2, 0.25) is 0 Å². The SMILES string of the molecule is C=CCc1cc(/C=c2\sc3n(c2=O)[C@H](c2ccccc2)C(C(=O)OC)=C(CC)N=3)cc(OCC)c1OCc1ccc(I)cc1. The van der Waals surface area contributed by atoms with E-state index in [4.69, 9.17) is 19.2 Å². The maximum Gasteiger partial charge on any atom is 0.338 e. The maximum atomic E-state index is 14.1. The second-order valence-corrected chi connectivity index (χ2v) is 12.3. The molecular formula is C35H33IN2O5S. The van der Waals surface area contributed by atoms with E-state index in [2.05, 4.69) is 29.2 Å². The molecule has 44 heavy (non-hydrogen) atoms. The molecule has 4 aromatic rings. The van der Waals surface area contributed by atoms with Crippen molar-refractivity contribution in [3.8, 4) is 11.5 Å². The number of halogens is 1. The van der Waals surface area contributed by atoms with Gasteiger partial charge in [-0.15, -0.1) is 6.58 Å². The van der Waals surface area contributed by atoms with Crippen LogP contribution in [-0.4, -0.2) is 24.3 Å². The highest BCUT2D eigenvalue weighted by molar-refractivity contribution is 14.1. The number of hydrogen-bond acceptors (Lipinski definition) is 7. The molecule has 0 spiro atoms. The van der Waals surface area contributed by atoms with Crippen molar-refractivity contribution in [3.63, 3.8) is 0 Å². The number of benzene rings is 3. The van der Waals surface area contributed by atoms with Crippen LogP contribution in [0.25, 0.3) is 6.08 Å². The van der Waals surface area contributed by atoms with Crippen LogP contribution in [0.15, 0.2) is 100 Å². The lowest BCUT2D eigenvalue weighted by Crippen LogP contribution is -2.40. The number of thiazole rings is 1. The van der Waals surface area contributed by atoms with Crippen molar-refractivity contribution in [2.24, 2.45) is 4.99 Å². The molecule has 2 heterocycles. The molecule has 9 heteroatoms. The Morgan fingerprint density at radius 2 is 1.84 bits per heavy atom. The van der Waals surface area contributed by atoms with Crippen molar-refractivity contribution < 1.29 is 19.0 Å². The molecule has 1 aliphatic heterocycles. The summed E-state index contributed by atoms with van der Waals surface area (Å²) in [7, 11) is 1.35. The highest BCUT2D eigenvalue weighted by Gasteiger charge is 2.33. The fourth-order valence-electron chi connectivity index (χ4n) is 5.20. The predicted octanol–water partition coefficient (Wildman–Crippen LogP) is 6.11. The summed E-state index contributed by atoms with van der Waals surface area (Å²) in [5, 5.41) is 0. The summed E-state index contributed by atoms with van der Waals surface area (Å²) in [5.74, 6) is 0.757. The number of esters is 1. The number of hydrogen-bond donors (Lipinski definition) is 0. The average Bonchev–Trinajstić information content (AvgIpc) is 3.34. The number of ether oxygens (including phenoxy) is 3. The zero-order valence-corrected chi connectivity index (χ0v) is 27.8. The number of allylic oxidation sites excluding steroid dienone is 2. The smallest absolute Gasteiger partial charge is 0.338 e. The van der Waals surface area contributed by atoms with Gasteiger partial charge in [-0.25, -0.2) is 9.79 Å². The molecule has 0 aliphatic carbocycles. The van der Waals surface area contributed by atoms with Gasteiger partial charge in [0.1, 0.15) is 6.61 Å². The van der Waals surface area contributed by atoms with Gasteiger partial charge in [-0.1, -0.05) is 66.8 Å². The molecule has 0 unspecified atom stereocenters. The third-order valence-corrected chi connectivity index (χ3v) is 8.88. The van der Waals surface area contributed by atoms with E-state index in [1.54, 1.807) is 4.57 Å². The van der Waals surface area contributed by atoms with Crippen molar-refractivity contribution >= 4 is 46.0 Å². The van der Waals surface area contributed by atoms with E-state index in [1.165, 1.54) is 18.4 Å². The molecule has 0 saturated carbocycles. The minimum Gasteiger partial charge on any atom is -0.490 e. The molecule has 1 aromatic heterocycles. The standard InChI is InChI=1S/C35H33IN2O5S/c1-5-11-25-18-23(19-28(42-7-3)32(25)43-21-22-14-16-26(36)17-15-22)20-29-33(39)38-31(24-12-9-8-10-13-24)30(34(40)41-4)27(6-2)37-35(38)44-29/h5,8-10,12-20,31H,1,6-7,11,21H2,2-4H3/b29-20-/t31-/m1/s1. The van der Waals surface area contributed by atoms with E-state index < -0.39 is 12.0 Å². The Morgan fingerprint density at radius 1 is 1.09 bits per heavy atom. The first-order valence-electron chi connectivity index (χ1n) is 14.3. The molecule has 0 saturated heterocycles. The van der Waals surface area contributed by atoms with Crippen LogP contribution >= 0.6 is 33.9 Å². The molecule has 3 aromatic carbocycles. The van der Waals surface area contributed by atoms with Crippen LogP contribution in [0.4, 0.5) is 0 Å². The van der Waals surface area contributed by atoms with Gasteiger partial charge in [-0.3, -0.25) is 9.36 Å². The molecule has 0 radical (unpaired) electrons. The molecule has 0 fully saturated rings. The summed E-state index contributed by atoms with van der Waals surface area (Å²) >= 11 is 3.58. The summed E-state index contributed by atoms with van der Waals surface area (Å²) in [5.41, 5.74) is 4.30. The second kappa shape index (κ2) is 14.2. The van der Waals surface area contributed by atoms with Gasteiger partial charge in [0.15, 0.2) is 16.3 Å². The van der Waals surface area contributed by atoms with Gasteiger partial charge in [0.05, 0.1) is 35.6 Å². The lowest BCUT2D eigenvalue weighted by atomic mass is 9.95. The van der Waals surface area contributed by atoms with Crippen molar-refractivity contribution in [1.82, 2.24) is 4.57 Å². The van der Waals surface area contributed by atoms with Crippen molar-refractivity contribution in [2.75, 3.05) is 13.7 Å². The summed E-state index contributed by atoms with van der Waals surface area (Å²) < 4.78 is 20.8. The first kappa shape index (κ1) is 31.5. The quantitative estimate of drug-likeness (QED) is 0.106. The molecule has 0 amide bonds. The van der Waals surface area contributed by atoms with Crippen LogP contribution in [0.5, 0.6) is 11.5 Å². The van der Waals surface area contributed by atoms with Gasteiger partial charge in [-0.2, -0.15) is 0 Å². The molecule has 1 atom stereocenters. The molecule has 7 nitrogen and oxygen atoms in total. The topological polar surface area (TPSA) is 79.1 Å². The van der Waals surface area contributed by atoms with Crippen LogP contribution < -0.4 is 24.4 Å². The average molecular weight is 721 g/mol. The number of carbonyl (C=O) groups excluding carboxylic acids is 1. The van der Waals surface area contributed by atoms with Gasteiger partial charge in [0.2, 0.25) is 0 Å². The van der Waals surface area contributed by atoms with Gasteiger partial charge < -0.3 is 14.2 Å². The van der Waals surface area contributed by atoms with Gasteiger partial charge in [0, 0.05) is 9.13 Å². The van der Waals surface area contributed by atoms with Gasteiger partial charge >= 0.3 is 5.97 Å². The Labute approximate surface area is 274 Å². The van der Waals surface area contributed by atoms with Crippen LogP contribution in [0, 0.1) is 3.57 Å². The zero-order chi connectivity index (χ0) is 31.2. The van der Waals surface area contributed by atoms with Crippen LogP contribution in [0.3, 0.4) is 0 Å². The van der Waals surface area contributed by atoms with E-state index in [9.17, 15) is 9.59 Å². The minimum atomic E-state index is -0.649. The van der Waals surface area contributed by atoms with Crippen LogP contribution in [0.1, 0.15) is 48.6 Å². The summed E-state index contributed by atoms with van der Waals surface area (Å²) in [4.78, 5) is 32.4. The third kappa shape index (κ3) is 6.58. The lowest BCUT2D eigenvalue weighted by Gasteiger charge is -2.25. The second-order valence-electron chi connectivity index (χ2n) is 10.0. The molecular weight excluding hydrogens is 687 g/mol. The van der Waals surface area contributed by atoms with E-state index in [-0.39, 0.29) is 5.56 Å². The number of aromatic nitrogens is 1. The summed E-state index contributed by atoms with van der Waals surface area (Å²) in [6.07, 6.45) is 4.74. The highest BCUT2D eigenvalue weighted by atomic mass is 127. The third-order valence-electron chi connectivity index (χ3n) is 7.18. The van der Waals surface area contributed by atoms with E-state index in [0.717, 1.165) is 25.8 Å². The Balaban J connectivity index is 1.63. The first-order valence-corrected chi connectivity index (χ1v) is 16.2. The molecule has 5 rings (SSSR count). The number of rotatable bonds is 11. The van der Waals surface area contributed by atoms with Crippen molar-refractivity contribution in [2.45, 2.75) is 39.3 Å². The number of fused-ring (bicyclic) bond motifs is 1. The summed E-state index contributed by atoms with van der Waals surface area (Å²) in [6.45, 7) is 8.65. The van der Waals surface area contributed by atoms with Gasteiger partial charge in [0.25, 0.3) is 5.56 Å². The number of nitrogens with zero attached hydrogens (tertiary/aromatic N) is 2. The molecule has 226 valence electrons. The molecule has 1 aliphatic rings. The Morgan fingerprint density at radius 3 is 2.50 bits per heavy atom. The summed E-state index contributed by atoms with van der Waals surface area (Å²) in [6, 6.07) is 20.9. The zero-order valence-electron chi connectivity index (χ0n) is 24.8.